The van der Waals surface area contributed by atoms with E-state index < -0.39 is 0 Å². The highest BCUT2D eigenvalue weighted by Gasteiger charge is 2.12. The topological polar surface area (TPSA) is 40.9 Å². The van der Waals surface area contributed by atoms with Gasteiger partial charge in [0.25, 0.3) is 0 Å². The molecule has 75 valence electrons. The van der Waals surface area contributed by atoms with Gasteiger partial charge >= 0.3 is 0 Å². The molecule has 0 unspecified atom stereocenters. The molecule has 2 heteroatoms. The van der Waals surface area contributed by atoms with Gasteiger partial charge in [0, 0.05) is 11.1 Å². The number of carbonyl (C=O) groups is 1. The van der Waals surface area contributed by atoms with Crippen LogP contribution < -0.4 is 0 Å². The molecule has 16 heavy (non-hydrogen) atoms. The molecule has 0 saturated heterocycles. The molecule has 0 aliphatic heterocycles. The third kappa shape index (κ3) is 1.84. The molecule has 0 aromatic heterocycles. The van der Waals surface area contributed by atoms with E-state index in [-0.39, 0.29) is 5.78 Å². The Labute approximate surface area is 93.8 Å². The smallest absolute Gasteiger partial charge is 0.194 e. The summed E-state index contributed by atoms with van der Waals surface area (Å²) < 4.78 is 0. The van der Waals surface area contributed by atoms with Crippen molar-refractivity contribution in [2.75, 3.05) is 0 Å². The fourth-order valence-electron chi connectivity index (χ4n) is 1.46. The molecule has 0 spiro atoms. The molecule has 0 fully saturated rings. The molecule has 0 saturated carbocycles. The number of benzene rings is 2. The van der Waals surface area contributed by atoms with Gasteiger partial charge in [0.2, 0.25) is 0 Å². The van der Waals surface area contributed by atoms with Crippen LogP contribution in [0.5, 0.6) is 0 Å². The fraction of sp³-hybridized carbons (Fsp3) is 0. The molecule has 0 amide bonds. The molecular weight excluding hydrogens is 198 g/mol. The number of rotatable bonds is 2. The summed E-state index contributed by atoms with van der Waals surface area (Å²) in [5, 5.41) is 8.90. The zero-order valence-corrected chi connectivity index (χ0v) is 8.47. The van der Waals surface area contributed by atoms with E-state index in [4.69, 9.17) is 5.26 Å². The molecule has 2 nitrogen and oxygen atoms in total. The molecule has 2 aromatic rings. The second-order valence-corrected chi connectivity index (χ2v) is 3.26. The molecule has 0 aliphatic carbocycles. The number of nitriles is 1. The summed E-state index contributed by atoms with van der Waals surface area (Å²) in [5.41, 5.74) is 1.29. The van der Waals surface area contributed by atoms with Gasteiger partial charge < -0.3 is 0 Å². The molecule has 1 radical (unpaired) electrons. The Bertz CT molecular complexity index is 552. The molecule has 0 heterocycles. The van der Waals surface area contributed by atoms with Gasteiger partial charge in [-0.15, -0.1) is 0 Å². The predicted octanol–water partition coefficient (Wildman–Crippen LogP) is 2.59. The van der Waals surface area contributed by atoms with Crippen LogP contribution in [0, 0.1) is 17.4 Å². The van der Waals surface area contributed by atoms with E-state index in [9.17, 15) is 4.79 Å². The minimum Gasteiger partial charge on any atom is -0.289 e. The Hall–Kier alpha value is -2.40. The maximum absolute atomic E-state index is 12.0. The van der Waals surface area contributed by atoms with Crippen LogP contribution in [0.4, 0.5) is 0 Å². The highest BCUT2D eigenvalue weighted by atomic mass is 16.1. The van der Waals surface area contributed by atoms with Gasteiger partial charge in [-0.1, -0.05) is 36.4 Å². The van der Waals surface area contributed by atoms with E-state index >= 15 is 0 Å². The lowest BCUT2D eigenvalue weighted by Crippen LogP contribution is -2.03. The quantitative estimate of drug-likeness (QED) is 0.708. The zero-order valence-electron chi connectivity index (χ0n) is 8.47. The summed E-state index contributed by atoms with van der Waals surface area (Å²) in [4.78, 5) is 12.0. The standard InChI is InChI=1S/C14H8NO/c15-10-12-8-4-5-9-13(12)14(16)11-6-2-1-3-7-11/h1-6,8-9H. The lowest BCUT2D eigenvalue weighted by atomic mass is 9.99. The van der Waals surface area contributed by atoms with Crippen molar-refractivity contribution >= 4 is 5.78 Å². The molecule has 0 bridgehead atoms. The Morgan fingerprint density at radius 2 is 1.88 bits per heavy atom. The van der Waals surface area contributed by atoms with Crippen molar-refractivity contribution in [3.63, 3.8) is 0 Å². The first-order chi connectivity index (χ1) is 7.83. The Morgan fingerprint density at radius 3 is 2.56 bits per heavy atom. The summed E-state index contributed by atoms with van der Waals surface area (Å²) in [6.07, 6.45) is 0. The maximum Gasteiger partial charge on any atom is 0.194 e. The second kappa shape index (κ2) is 4.41. The minimum atomic E-state index is -0.169. The third-order valence-electron chi connectivity index (χ3n) is 2.25. The van der Waals surface area contributed by atoms with Crippen LogP contribution in [-0.2, 0) is 0 Å². The normalized spacial score (nSPS) is 9.44. The van der Waals surface area contributed by atoms with E-state index in [1.54, 1.807) is 48.5 Å². The van der Waals surface area contributed by atoms with E-state index in [0.29, 0.717) is 16.7 Å². The number of hydrogen-bond donors (Lipinski definition) is 0. The van der Waals surface area contributed by atoms with Gasteiger partial charge in [0.05, 0.1) is 11.6 Å². The molecule has 0 aliphatic rings. The van der Waals surface area contributed by atoms with E-state index in [2.05, 4.69) is 6.07 Å². The average molecular weight is 206 g/mol. The van der Waals surface area contributed by atoms with Crippen LogP contribution in [-0.4, -0.2) is 5.78 Å². The Morgan fingerprint density at radius 1 is 1.12 bits per heavy atom. The van der Waals surface area contributed by atoms with Crippen LogP contribution in [0.25, 0.3) is 0 Å². The average Bonchev–Trinajstić information content (AvgIpc) is 2.39. The molecule has 2 aromatic carbocycles. The SMILES string of the molecule is N#Cc1ccccc1C(=O)c1[c]cccc1. The van der Waals surface area contributed by atoms with Crippen LogP contribution in [0.3, 0.4) is 0 Å². The van der Waals surface area contributed by atoms with E-state index in [1.165, 1.54) is 0 Å². The number of nitrogens with zero attached hydrogens (tertiary/aromatic N) is 1. The minimum absolute atomic E-state index is 0.169. The van der Waals surface area contributed by atoms with Crippen molar-refractivity contribution in [2.45, 2.75) is 0 Å². The molecular formula is C14H8NO. The number of hydrogen-bond acceptors (Lipinski definition) is 2. The lowest BCUT2D eigenvalue weighted by Gasteiger charge is -2.01. The van der Waals surface area contributed by atoms with Crippen LogP contribution in [0.1, 0.15) is 21.5 Å². The maximum atomic E-state index is 12.0. The van der Waals surface area contributed by atoms with Gasteiger partial charge in [-0.25, -0.2) is 0 Å². The zero-order chi connectivity index (χ0) is 11.4. The van der Waals surface area contributed by atoms with Crippen LogP contribution >= 0.6 is 0 Å². The molecule has 0 N–H and O–H groups in total. The first kappa shape index (κ1) is 10.1. The first-order valence-electron chi connectivity index (χ1n) is 4.83. The van der Waals surface area contributed by atoms with Gasteiger partial charge in [-0.05, 0) is 18.2 Å². The predicted molar refractivity (Wildman–Crippen MR) is 59.9 cm³/mol. The van der Waals surface area contributed by atoms with Crippen LogP contribution in [0.15, 0.2) is 48.5 Å². The Kier molecular flexibility index (Phi) is 2.79. The van der Waals surface area contributed by atoms with Crippen molar-refractivity contribution in [1.82, 2.24) is 0 Å². The monoisotopic (exact) mass is 206 g/mol. The summed E-state index contributed by atoms with van der Waals surface area (Å²) in [5.74, 6) is -0.169. The van der Waals surface area contributed by atoms with Crippen molar-refractivity contribution in [3.8, 4) is 6.07 Å². The second-order valence-electron chi connectivity index (χ2n) is 3.26. The molecule has 0 atom stereocenters. The highest BCUT2D eigenvalue weighted by molar-refractivity contribution is 6.10. The third-order valence-corrected chi connectivity index (χ3v) is 2.25. The Balaban J connectivity index is 2.47. The van der Waals surface area contributed by atoms with E-state index in [1.807, 2.05) is 6.07 Å². The summed E-state index contributed by atoms with van der Waals surface area (Å²) in [6.45, 7) is 0. The van der Waals surface area contributed by atoms with Gasteiger partial charge in [-0.3, -0.25) is 4.79 Å². The van der Waals surface area contributed by atoms with Crippen LogP contribution in [0.2, 0.25) is 0 Å². The lowest BCUT2D eigenvalue weighted by molar-refractivity contribution is 0.103. The summed E-state index contributed by atoms with van der Waals surface area (Å²) in [6, 6.07) is 18.6. The van der Waals surface area contributed by atoms with E-state index in [0.717, 1.165) is 0 Å². The van der Waals surface area contributed by atoms with Crippen molar-refractivity contribution in [1.29, 1.82) is 5.26 Å². The fourth-order valence-corrected chi connectivity index (χ4v) is 1.46. The van der Waals surface area contributed by atoms with Gasteiger partial charge in [0.15, 0.2) is 5.78 Å². The van der Waals surface area contributed by atoms with Crippen molar-refractivity contribution in [2.24, 2.45) is 0 Å². The number of ketones is 1. The number of carbonyl (C=O) groups excluding carboxylic acids is 1. The van der Waals surface area contributed by atoms with Gasteiger partial charge in [0.1, 0.15) is 0 Å². The van der Waals surface area contributed by atoms with Gasteiger partial charge in [-0.2, -0.15) is 5.26 Å². The first-order valence-corrected chi connectivity index (χ1v) is 4.83. The molecule has 2 rings (SSSR count). The van der Waals surface area contributed by atoms with Crippen molar-refractivity contribution < 1.29 is 4.79 Å². The largest absolute Gasteiger partial charge is 0.289 e. The van der Waals surface area contributed by atoms with Crippen molar-refractivity contribution in [3.05, 3.63) is 71.3 Å². The summed E-state index contributed by atoms with van der Waals surface area (Å²) in [7, 11) is 0. The highest BCUT2D eigenvalue weighted by Crippen LogP contribution is 2.13. The summed E-state index contributed by atoms with van der Waals surface area (Å²) >= 11 is 0.